The number of para-hydroxylation sites is 1. The molecule has 8 heteroatoms. The van der Waals surface area contributed by atoms with Gasteiger partial charge in [0, 0.05) is 5.02 Å². The van der Waals surface area contributed by atoms with Gasteiger partial charge in [-0.25, -0.2) is 9.18 Å². The van der Waals surface area contributed by atoms with E-state index in [-0.39, 0.29) is 17.4 Å². The molecule has 146 valence electrons. The second-order valence-corrected chi connectivity index (χ2v) is 7.29. The zero-order chi connectivity index (χ0) is 20.6. The summed E-state index contributed by atoms with van der Waals surface area (Å²) in [6, 6.07) is 10.5. The molecule has 0 aliphatic carbocycles. The van der Waals surface area contributed by atoms with Crippen molar-refractivity contribution in [1.29, 1.82) is 0 Å². The Balaban J connectivity index is 2.28. The van der Waals surface area contributed by atoms with Gasteiger partial charge in [-0.05, 0) is 43.7 Å². The van der Waals surface area contributed by atoms with Crippen molar-refractivity contribution in [3.8, 4) is 0 Å². The quantitative estimate of drug-likeness (QED) is 0.707. The van der Waals surface area contributed by atoms with Crippen molar-refractivity contribution in [3.05, 3.63) is 79.7 Å². The molecule has 2 aromatic carbocycles. The Morgan fingerprint density at radius 3 is 2.39 bits per heavy atom. The summed E-state index contributed by atoms with van der Waals surface area (Å²) in [5.41, 5.74) is -2.98. The lowest BCUT2D eigenvalue weighted by Crippen LogP contribution is -2.46. The van der Waals surface area contributed by atoms with Gasteiger partial charge in [0.15, 0.2) is 5.78 Å². The Morgan fingerprint density at radius 2 is 1.79 bits per heavy atom. The average molecular weight is 405 g/mol. The molecule has 0 aliphatic rings. The van der Waals surface area contributed by atoms with Crippen molar-refractivity contribution in [2.75, 3.05) is 0 Å². The Kier molecular flexibility index (Phi) is 5.23. The molecule has 1 heterocycles. The number of carbonyl (C=O) groups excluding carboxylic acids is 1. The number of fused-ring (bicyclic) bond motifs is 1. The molecular formula is C20H18ClFN2O4. The first-order valence-electron chi connectivity index (χ1n) is 8.51. The molecule has 0 aliphatic heterocycles. The maximum absolute atomic E-state index is 14.5. The Hall–Kier alpha value is -2.77. The molecule has 0 spiro atoms. The van der Waals surface area contributed by atoms with Crippen LogP contribution in [0, 0.1) is 5.82 Å². The van der Waals surface area contributed by atoms with Gasteiger partial charge >= 0.3 is 5.69 Å². The second-order valence-electron chi connectivity index (χ2n) is 6.85. The summed E-state index contributed by atoms with van der Waals surface area (Å²) in [6.45, 7) is 1.86. The van der Waals surface area contributed by atoms with E-state index in [4.69, 9.17) is 11.6 Å². The summed E-state index contributed by atoms with van der Waals surface area (Å²) in [5.74, 6) is -1.37. The maximum Gasteiger partial charge on any atom is 0.331 e. The van der Waals surface area contributed by atoms with Gasteiger partial charge in [0.1, 0.15) is 11.4 Å². The third-order valence-corrected chi connectivity index (χ3v) is 4.92. The summed E-state index contributed by atoms with van der Waals surface area (Å²) in [4.78, 5) is 37.6. The van der Waals surface area contributed by atoms with Crippen LogP contribution in [-0.2, 0) is 17.9 Å². The SMILES string of the molecule is CC(=O)C(C)(O)Cn1c(=O)n(Cc2ccc(Cl)cc2)c(=O)c2cccc(F)c21. The lowest BCUT2D eigenvalue weighted by Gasteiger charge is -2.23. The smallest absolute Gasteiger partial charge is 0.331 e. The molecule has 0 saturated carbocycles. The number of hydrogen-bond acceptors (Lipinski definition) is 4. The van der Waals surface area contributed by atoms with Crippen LogP contribution in [0.2, 0.25) is 5.02 Å². The number of nitrogens with zero attached hydrogens (tertiary/aromatic N) is 2. The fourth-order valence-electron chi connectivity index (χ4n) is 2.91. The van der Waals surface area contributed by atoms with Crippen molar-refractivity contribution in [3.63, 3.8) is 0 Å². The van der Waals surface area contributed by atoms with Gasteiger partial charge in [0.05, 0.1) is 24.0 Å². The van der Waals surface area contributed by atoms with Crippen molar-refractivity contribution in [2.24, 2.45) is 0 Å². The predicted molar refractivity (Wildman–Crippen MR) is 104 cm³/mol. The van der Waals surface area contributed by atoms with E-state index < -0.39 is 35.0 Å². The van der Waals surface area contributed by atoms with E-state index >= 15 is 0 Å². The molecule has 1 N–H and O–H groups in total. The van der Waals surface area contributed by atoms with Crippen molar-refractivity contribution < 1.29 is 14.3 Å². The standard InChI is InChI=1S/C20H18ClFN2O4/c1-12(25)20(2,28)11-24-17-15(4-3-5-16(17)22)18(26)23(19(24)27)10-13-6-8-14(21)9-7-13/h3-9,28H,10-11H2,1-2H3. The van der Waals surface area contributed by atoms with Crippen LogP contribution in [0.3, 0.4) is 0 Å². The zero-order valence-electron chi connectivity index (χ0n) is 15.3. The Morgan fingerprint density at radius 1 is 1.14 bits per heavy atom. The summed E-state index contributed by atoms with van der Waals surface area (Å²) < 4.78 is 16.4. The molecule has 0 fully saturated rings. The Labute approximate surface area is 164 Å². The van der Waals surface area contributed by atoms with Gasteiger partial charge in [0.2, 0.25) is 0 Å². The summed E-state index contributed by atoms with van der Waals surface area (Å²) in [7, 11) is 0. The molecule has 28 heavy (non-hydrogen) atoms. The number of halogens is 2. The van der Waals surface area contributed by atoms with Gasteiger partial charge in [-0.2, -0.15) is 0 Å². The first kappa shape index (κ1) is 20.0. The molecule has 0 bridgehead atoms. The van der Waals surface area contributed by atoms with Crippen LogP contribution in [0.25, 0.3) is 10.9 Å². The van der Waals surface area contributed by atoms with Crippen LogP contribution in [0.1, 0.15) is 19.4 Å². The van der Waals surface area contributed by atoms with Gasteiger partial charge in [-0.15, -0.1) is 0 Å². The third-order valence-electron chi connectivity index (χ3n) is 4.67. The fourth-order valence-corrected chi connectivity index (χ4v) is 3.04. The van der Waals surface area contributed by atoms with E-state index in [2.05, 4.69) is 0 Å². The first-order valence-corrected chi connectivity index (χ1v) is 8.89. The highest BCUT2D eigenvalue weighted by atomic mass is 35.5. The molecular weight excluding hydrogens is 387 g/mol. The molecule has 1 unspecified atom stereocenters. The average Bonchev–Trinajstić information content (AvgIpc) is 2.63. The lowest BCUT2D eigenvalue weighted by molar-refractivity contribution is -0.134. The molecule has 1 aromatic heterocycles. The zero-order valence-corrected chi connectivity index (χ0v) is 16.0. The van der Waals surface area contributed by atoms with Gasteiger partial charge in [0.25, 0.3) is 5.56 Å². The summed E-state index contributed by atoms with van der Waals surface area (Å²) >= 11 is 5.86. The maximum atomic E-state index is 14.5. The van der Waals surface area contributed by atoms with Crippen molar-refractivity contribution >= 4 is 28.3 Å². The molecule has 0 amide bonds. The number of benzene rings is 2. The van der Waals surface area contributed by atoms with Crippen LogP contribution in [0.4, 0.5) is 4.39 Å². The number of aromatic nitrogens is 2. The molecule has 0 radical (unpaired) electrons. The number of aliphatic hydroxyl groups is 1. The van der Waals surface area contributed by atoms with E-state index in [0.717, 1.165) is 15.2 Å². The van der Waals surface area contributed by atoms with Gasteiger partial charge in [-0.1, -0.05) is 29.8 Å². The van der Waals surface area contributed by atoms with Crippen molar-refractivity contribution in [2.45, 2.75) is 32.5 Å². The van der Waals surface area contributed by atoms with Crippen LogP contribution in [-0.4, -0.2) is 25.6 Å². The normalized spacial score (nSPS) is 13.5. The van der Waals surface area contributed by atoms with Gasteiger partial charge < -0.3 is 5.11 Å². The van der Waals surface area contributed by atoms with Crippen LogP contribution in [0.5, 0.6) is 0 Å². The minimum absolute atomic E-state index is 0.0204. The number of hydrogen-bond donors (Lipinski definition) is 1. The lowest BCUT2D eigenvalue weighted by atomic mass is 10.0. The van der Waals surface area contributed by atoms with E-state index in [1.54, 1.807) is 24.3 Å². The molecule has 3 rings (SSSR count). The summed E-state index contributed by atoms with van der Waals surface area (Å²) in [6.07, 6.45) is 0. The number of ketones is 1. The predicted octanol–water partition coefficient (Wildman–Crippen LogP) is 2.34. The highest BCUT2D eigenvalue weighted by Crippen LogP contribution is 2.17. The first-order chi connectivity index (χ1) is 13.1. The minimum atomic E-state index is -1.90. The summed E-state index contributed by atoms with van der Waals surface area (Å²) in [5, 5.41) is 10.9. The number of carbonyl (C=O) groups is 1. The molecule has 1 atom stereocenters. The van der Waals surface area contributed by atoms with E-state index in [1.165, 1.54) is 26.0 Å². The van der Waals surface area contributed by atoms with Crippen LogP contribution >= 0.6 is 11.6 Å². The van der Waals surface area contributed by atoms with Crippen LogP contribution in [0.15, 0.2) is 52.1 Å². The fraction of sp³-hybridized carbons (Fsp3) is 0.250. The van der Waals surface area contributed by atoms with E-state index in [1.807, 2.05) is 0 Å². The monoisotopic (exact) mass is 404 g/mol. The van der Waals surface area contributed by atoms with E-state index in [9.17, 15) is 23.9 Å². The number of rotatable bonds is 5. The second kappa shape index (κ2) is 7.33. The minimum Gasteiger partial charge on any atom is -0.380 e. The topological polar surface area (TPSA) is 81.3 Å². The highest BCUT2D eigenvalue weighted by molar-refractivity contribution is 6.30. The third kappa shape index (κ3) is 3.63. The Bertz CT molecular complexity index is 1180. The van der Waals surface area contributed by atoms with Gasteiger partial charge in [-0.3, -0.25) is 18.7 Å². The number of Topliss-reactive ketones (excluding diaryl/α,β-unsaturated/α-hetero) is 1. The van der Waals surface area contributed by atoms with Crippen molar-refractivity contribution in [1.82, 2.24) is 9.13 Å². The molecule has 6 nitrogen and oxygen atoms in total. The van der Waals surface area contributed by atoms with E-state index in [0.29, 0.717) is 10.6 Å². The largest absolute Gasteiger partial charge is 0.380 e. The van der Waals surface area contributed by atoms with Crippen LogP contribution < -0.4 is 11.2 Å². The molecule has 0 saturated heterocycles. The highest BCUT2D eigenvalue weighted by Gasteiger charge is 2.29. The molecule has 3 aromatic rings.